The Balaban J connectivity index is 1.47. The topological polar surface area (TPSA) is 72.2 Å². The first kappa shape index (κ1) is 22.9. The molecule has 0 amide bonds. The van der Waals surface area contributed by atoms with Crippen LogP contribution >= 0.6 is 0 Å². The molecule has 0 aliphatic carbocycles. The molecule has 1 aliphatic heterocycles. The molecule has 2 aromatic rings. The Hall–Kier alpha value is -1.80. The third-order valence-corrected chi connectivity index (χ3v) is 4.86. The average molecular weight is 416 g/mol. The Labute approximate surface area is 179 Å². The molecule has 3 rings (SSSR count). The van der Waals surface area contributed by atoms with E-state index in [4.69, 9.17) is 29.4 Å². The van der Waals surface area contributed by atoms with Crippen molar-refractivity contribution in [2.75, 3.05) is 33.0 Å². The minimum atomic E-state index is -0.327. The van der Waals surface area contributed by atoms with Crippen LogP contribution in [0.2, 0.25) is 0 Å². The lowest BCUT2D eigenvalue weighted by molar-refractivity contribution is -0.235. The van der Waals surface area contributed by atoms with Crippen LogP contribution in [0, 0.1) is 0 Å². The van der Waals surface area contributed by atoms with Gasteiger partial charge in [-0.15, -0.1) is 0 Å². The van der Waals surface area contributed by atoms with Crippen molar-refractivity contribution in [3.8, 4) is 0 Å². The molecule has 0 saturated carbocycles. The summed E-state index contributed by atoms with van der Waals surface area (Å²) in [4.78, 5) is 0. The molecule has 2 N–H and O–H groups in total. The van der Waals surface area contributed by atoms with Gasteiger partial charge in [0.2, 0.25) is 0 Å². The molecule has 1 heterocycles. The fourth-order valence-electron chi connectivity index (χ4n) is 3.38. The summed E-state index contributed by atoms with van der Waals surface area (Å²) in [7, 11) is 0. The van der Waals surface area contributed by atoms with Crippen molar-refractivity contribution in [3.05, 3.63) is 71.8 Å². The molecule has 3 atom stereocenters. The van der Waals surface area contributed by atoms with E-state index in [-0.39, 0.29) is 18.5 Å². The van der Waals surface area contributed by atoms with Crippen LogP contribution in [0.4, 0.5) is 0 Å². The van der Waals surface area contributed by atoms with E-state index in [9.17, 15) is 0 Å². The Morgan fingerprint density at radius 1 is 0.767 bits per heavy atom. The summed E-state index contributed by atoms with van der Waals surface area (Å²) < 4.78 is 29.5. The zero-order valence-electron chi connectivity index (χ0n) is 17.5. The molecule has 3 unspecified atom stereocenters. The van der Waals surface area contributed by atoms with Crippen molar-refractivity contribution in [1.29, 1.82) is 0 Å². The second kappa shape index (κ2) is 13.5. The zero-order valence-corrected chi connectivity index (χ0v) is 17.5. The summed E-state index contributed by atoms with van der Waals surface area (Å²) in [5, 5.41) is 0. The summed E-state index contributed by atoms with van der Waals surface area (Å²) in [5.74, 6) is 0. The van der Waals surface area contributed by atoms with Gasteiger partial charge in [-0.25, -0.2) is 0 Å². The van der Waals surface area contributed by atoms with E-state index < -0.39 is 0 Å². The van der Waals surface area contributed by atoms with Gasteiger partial charge in [-0.1, -0.05) is 60.7 Å². The highest BCUT2D eigenvalue weighted by Gasteiger charge is 2.31. The van der Waals surface area contributed by atoms with E-state index in [0.29, 0.717) is 52.6 Å². The van der Waals surface area contributed by atoms with Gasteiger partial charge in [-0.05, 0) is 11.1 Å². The van der Waals surface area contributed by atoms with Crippen LogP contribution in [0.25, 0.3) is 0 Å². The number of hydrogen-bond acceptors (Lipinski definition) is 6. The maximum absolute atomic E-state index is 6.18. The summed E-state index contributed by atoms with van der Waals surface area (Å²) in [5.41, 5.74) is 7.75. The standard InChI is InChI=1S/C24H33NO5/c25-11-12-26-13-14-28-24-16-22(29-18-21-9-5-2-6-10-21)15-23(30-24)19-27-17-20-7-3-1-4-8-20/h1-10,22-24H,11-19,25H2. The highest BCUT2D eigenvalue weighted by atomic mass is 16.7. The maximum Gasteiger partial charge on any atom is 0.160 e. The second-order valence-electron chi connectivity index (χ2n) is 7.35. The van der Waals surface area contributed by atoms with Gasteiger partial charge in [0.25, 0.3) is 0 Å². The van der Waals surface area contributed by atoms with E-state index in [1.807, 2.05) is 36.4 Å². The molecule has 164 valence electrons. The summed E-state index contributed by atoms with van der Waals surface area (Å²) in [6.45, 7) is 3.66. The largest absolute Gasteiger partial charge is 0.378 e. The Morgan fingerprint density at radius 3 is 2.17 bits per heavy atom. The van der Waals surface area contributed by atoms with Crippen molar-refractivity contribution >= 4 is 0 Å². The molecular formula is C24H33NO5. The summed E-state index contributed by atoms with van der Waals surface area (Å²) in [6.07, 6.45) is 1.13. The molecule has 6 nitrogen and oxygen atoms in total. The van der Waals surface area contributed by atoms with Gasteiger partial charge < -0.3 is 29.4 Å². The van der Waals surface area contributed by atoms with Crippen LogP contribution in [0.1, 0.15) is 24.0 Å². The highest BCUT2D eigenvalue weighted by molar-refractivity contribution is 5.14. The van der Waals surface area contributed by atoms with E-state index in [1.54, 1.807) is 0 Å². The van der Waals surface area contributed by atoms with Gasteiger partial charge in [-0.2, -0.15) is 0 Å². The van der Waals surface area contributed by atoms with Crippen molar-refractivity contribution in [1.82, 2.24) is 0 Å². The Kier molecular flexibility index (Phi) is 10.3. The SMILES string of the molecule is NCCOCCOC1CC(OCc2ccccc2)CC(COCc2ccccc2)O1. The lowest BCUT2D eigenvalue weighted by Crippen LogP contribution is -2.41. The normalized spacial score (nSPS) is 21.6. The van der Waals surface area contributed by atoms with Gasteiger partial charge in [-0.3, -0.25) is 0 Å². The minimum absolute atomic E-state index is 0.0549. The van der Waals surface area contributed by atoms with Gasteiger partial charge >= 0.3 is 0 Å². The highest BCUT2D eigenvalue weighted by Crippen LogP contribution is 2.24. The fraction of sp³-hybridized carbons (Fsp3) is 0.500. The van der Waals surface area contributed by atoms with E-state index in [1.165, 1.54) is 0 Å². The van der Waals surface area contributed by atoms with Crippen LogP contribution in [0.5, 0.6) is 0 Å². The minimum Gasteiger partial charge on any atom is -0.378 e. The van der Waals surface area contributed by atoms with Crippen LogP contribution in [-0.2, 0) is 36.9 Å². The number of nitrogens with two attached hydrogens (primary N) is 1. The fourth-order valence-corrected chi connectivity index (χ4v) is 3.38. The van der Waals surface area contributed by atoms with E-state index in [0.717, 1.165) is 17.5 Å². The van der Waals surface area contributed by atoms with Gasteiger partial charge in [0.05, 0.1) is 51.8 Å². The number of ether oxygens (including phenoxy) is 5. The summed E-state index contributed by atoms with van der Waals surface area (Å²) >= 11 is 0. The molecule has 30 heavy (non-hydrogen) atoms. The quantitative estimate of drug-likeness (QED) is 0.506. The Morgan fingerprint density at radius 2 is 1.47 bits per heavy atom. The van der Waals surface area contributed by atoms with Crippen LogP contribution in [0.15, 0.2) is 60.7 Å². The predicted octanol–water partition coefficient (Wildman–Crippen LogP) is 3.29. The molecule has 0 bridgehead atoms. The lowest BCUT2D eigenvalue weighted by Gasteiger charge is -2.35. The lowest BCUT2D eigenvalue weighted by atomic mass is 10.1. The molecule has 0 spiro atoms. The third-order valence-electron chi connectivity index (χ3n) is 4.86. The third kappa shape index (κ3) is 8.52. The average Bonchev–Trinajstić information content (AvgIpc) is 2.79. The molecule has 1 fully saturated rings. The first-order chi connectivity index (χ1) is 14.8. The van der Waals surface area contributed by atoms with E-state index in [2.05, 4.69) is 24.3 Å². The predicted molar refractivity (Wildman–Crippen MR) is 115 cm³/mol. The van der Waals surface area contributed by atoms with E-state index >= 15 is 0 Å². The molecule has 2 aromatic carbocycles. The molecule has 1 saturated heterocycles. The number of rotatable bonds is 13. The molecule has 1 aliphatic rings. The van der Waals surface area contributed by atoms with Crippen molar-refractivity contribution in [3.63, 3.8) is 0 Å². The molecule has 6 heteroatoms. The molecule has 0 aromatic heterocycles. The summed E-state index contributed by atoms with van der Waals surface area (Å²) in [6, 6.07) is 20.3. The van der Waals surface area contributed by atoms with Crippen molar-refractivity contribution in [2.45, 2.75) is 44.6 Å². The molecular weight excluding hydrogens is 382 g/mol. The van der Waals surface area contributed by atoms with Gasteiger partial charge in [0, 0.05) is 19.4 Å². The Bertz CT molecular complexity index is 685. The van der Waals surface area contributed by atoms with Crippen LogP contribution in [0.3, 0.4) is 0 Å². The van der Waals surface area contributed by atoms with Gasteiger partial charge in [0.15, 0.2) is 6.29 Å². The monoisotopic (exact) mass is 415 g/mol. The number of benzene rings is 2. The van der Waals surface area contributed by atoms with Gasteiger partial charge in [0.1, 0.15) is 0 Å². The number of hydrogen-bond donors (Lipinski definition) is 1. The zero-order chi connectivity index (χ0) is 20.9. The first-order valence-corrected chi connectivity index (χ1v) is 10.7. The molecule has 0 radical (unpaired) electrons. The smallest absolute Gasteiger partial charge is 0.160 e. The van der Waals surface area contributed by atoms with Crippen molar-refractivity contribution in [2.24, 2.45) is 5.73 Å². The maximum atomic E-state index is 6.18. The van der Waals surface area contributed by atoms with Crippen molar-refractivity contribution < 1.29 is 23.7 Å². The second-order valence-corrected chi connectivity index (χ2v) is 7.35. The first-order valence-electron chi connectivity index (χ1n) is 10.7. The van der Waals surface area contributed by atoms with Crippen LogP contribution in [-0.4, -0.2) is 51.5 Å². The van der Waals surface area contributed by atoms with Crippen LogP contribution < -0.4 is 5.73 Å².